The Bertz CT molecular complexity index is 1030. The van der Waals surface area contributed by atoms with Crippen LogP contribution in [-0.4, -0.2) is 51.3 Å². The molecule has 0 saturated carbocycles. The Morgan fingerprint density at radius 2 is 1.53 bits per heavy atom. The van der Waals surface area contributed by atoms with E-state index >= 15 is 0 Å². The Hall–Kier alpha value is -2.93. The van der Waals surface area contributed by atoms with Crippen molar-refractivity contribution >= 4 is 5.91 Å². The lowest BCUT2D eigenvalue weighted by Crippen LogP contribution is -2.59. The SMILES string of the molecule is COc1ccc(C[C@]2(CCC(N)=O)c3cc(OC)c(OC)cc3CCN2C(C)(C)C)cc1OC. The predicted molar refractivity (Wildman–Crippen MR) is 133 cm³/mol. The number of hydrogen-bond donors (Lipinski definition) is 1. The predicted octanol–water partition coefficient (Wildman–Crippen LogP) is 4.08. The minimum atomic E-state index is -0.486. The van der Waals surface area contributed by atoms with Crippen LogP contribution in [0.2, 0.25) is 0 Å². The van der Waals surface area contributed by atoms with Gasteiger partial charge in [0.1, 0.15) is 0 Å². The molecule has 1 atom stereocenters. The Balaban J connectivity index is 2.26. The maximum Gasteiger partial charge on any atom is 0.217 e. The normalized spacial score (nSPS) is 18.2. The number of benzene rings is 2. The Labute approximate surface area is 203 Å². The summed E-state index contributed by atoms with van der Waals surface area (Å²) in [6.07, 6.45) is 2.39. The van der Waals surface area contributed by atoms with Crippen LogP contribution in [0.3, 0.4) is 0 Å². The second-order valence-electron chi connectivity index (χ2n) is 9.80. The van der Waals surface area contributed by atoms with Gasteiger partial charge in [0, 0.05) is 18.5 Å². The van der Waals surface area contributed by atoms with Crippen molar-refractivity contribution in [3.05, 3.63) is 47.0 Å². The van der Waals surface area contributed by atoms with Crippen LogP contribution in [0.1, 0.15) is 50.3 Å². The molecule has 0 radical (unpaired) electrons. The number of carbonyl (C=O) groups excluding carboxylic acids is 1. The van der Waals surface area contributed by atoms with Crippen LogP contribution in [0.15, 0.2) is 30.3 Å². The first-order valence-corrected chi connectivity index (χ1v) is 11.6. The highest BCUT2D eigenvalue weighted by molar-refractivity contribution is 5.74. The van der Waals surface area contributed by atoms with Gasteiger partial charge >= 0.3 is 0 Å². The number of ether oxygens (including phenoxy) is 4. The molecule has 1 amide bonds. The van der Waals surface area contributed by atoms with Crippen LogP contribution in [0, 0.1) is 0 Å². The molecule has 2 N–H and O–H groups in total. The van der Waals surface area contributed by atoms with E-state index in [4.69, 9.17) is 24.7 Å². The lowest BCUT2D eigenvalue weighted by atomic mass is 9.71. The quantitative estimate of drug-likeness (QED) is 0.595. The fraction of sp³-hybridized carbons (Fsp3) is 0.519. The van der Waals surface area contributed by atoms with Crippen LogP contribution >= 0.6 is 0 Å². The molecule has 34 heavy (non-hydrogen) atoms. The summed E-state index contributed by atoms with van der Waals surface area (Å²) < 4.78 is 22.3. The fourth-order valence-electron chi connectivity index (χ4n) is 5.34. The largest absolute Gasteiger partial charge is 0.493 e. The first-order valence-electron chi connectivity index (χ1n) is 11.6. The van der Waals surface area contributed by atoms with Gasteiger partial charge in [-0.2, -0.15) is 0 Å². The van der Waals surface area contributed by atoms with Gasteiger partial charge in [-0.25, -0.2) is 0 Å². The van der Waals surface area contributed by atoms with E-state index in [9.17, 15) is 4.79 Å². The summed E-state index contributed by atoms with van der Waals surface area (Å²) in [5, 5.41) is 0. The molecule has 0 aromatic heterocycles. The van der Waals surface area contributed by atoms with E-state index in [0.29, 0.717) is 35.8 Å². The highest BCUT2D eigenvalue weighted by Crippen LogP contribution is 2.48. The van der Waals surface area contributed by atoms with E-state index in [2.05, 4.69) is 43.9 Å². The summed E-state index contributed by atoms with van der Waals surface area (Å²) in [6.45, 7) is 7.49. The zero-order chi connectivity index (χ0) is 25.1. The van der Waals surface area contributed by atoms with Crippen molar-refractivity contribution in [2.24, 2.45) is 5.73 Å². The molecule has 0 fully saturated rings. The van der Waals surface area contributed by atoms with Crippen LogP contribution in [-0.2, 0) is 23.2 Å². The maximum absolute atomic E-state index is 12.0. The van der Waals surface area contributed by atoms with Gasteiger partial charge in [-0.3, -0.25) is 9.69 Å². The molecule has 0 aliphatic carbocycles. The van der Waals surface area contributed by atoms with Crippen LogP contribution in [0.5, 0.6) is 23.0 Å². The van der Waals surface area contributed by atoms with Gasteiger partial charge < -0.3 is 24.7 Å². The first-order chi connectivity index (χ1) is 16.1. The highest BCUT2D eigenvalue weighted by atomic mass is 16.5. The van der Waals surface area contributed by atoms with Crippen molar-refractivity contribution in [2.75, 3.05) is 35.0 Å². The zero-order valence-corrected chi connectivity index (χ0v) is 21.5. The third-order valence-corrected chi connectivity index (χ3v) is 6.77. The lowest BCUT2D eigenvalue weighted by molar-refractivity contribution is -0.119. The van der Waals surface area contributed by atoms with Gasteiger partial charge in [-0.1, -0.05) is 6.07 Å². The zero-order valence-electron chi connectivity index (χ0n) is 21.5. The molecule has 0 saturated heterocycles. The summed E-state index contributed by atoms with van der Waals surface area (Å²) in [6, 6.07) is 10.1. The molecule has 2 aromatic carbocycles. The number of hydrogen-bond acceptors (Lipinski definition) is 6. The van der Waals surface area contributed by atoms with Gasteiger partial charge in [-0.05, 0) is 81.0 Å². The summed E-state index contributed by atoms with van der Waals surface area (Å²) in [5.41, 5.74) is 8.46. The van der Waals surface area contributed by atoms with Crippen LogP contribution in [0.4, 0.5) is 0 Å². The number of fused-ring (bicyclic) bond motifs is 1. The number of nitrogens with zero attached hydrogens (tertiary/aromatic N) is 1. The van der Waals surface area contributed by atoms with Gasteiger partial charge in [-0.15, -0.1) is 0 Å². The van der Waals surface area contributed by atoms with E-state index < -0.39 is 5.54 Å². The van der Waals surface area contributed by atoms with E-state index in [1.807, 2.05) is 12.1 Å². The summed E-state index contributed by atoms with van der Waals surface area (Å²) in [7, 11) is 6.57. The van der Waals surface area contributed by atoms with Crippen molar-refractivity contribution in [1.29, 1.82) is 0 Å². The molecule has 0 spiro atoms. The molecule has 7 heteroatoms. The summed E-state index contributed by atoms with van der Waals surface area (Å²) >= 11 is 0. The van der Waals surface area contributed by atoms with E-state index in [-0.39, 0.29) is 17.9 Å². The van der Waals surface area contributed by atoms with E-state index in [1.54, 1.807) is 28.4 Å². The topological polar surface area (TPSA) is 83.2 Å². The number of amides is 1. The van der Waals surface area contributed by atoms with Crippen LogP contribution in [0.25, 0.3) is 0 Å². The highest BCUT2D eigenvalue weighted by Gasteiger charge is 2.47. The monoisotopic (exact) mass is 470 g/mol. The van der Waals surface area contributed by atoms with Crippen molar-refractivity contribution in [2.45, 2.75) is 57.5 Å². The number of rotatable bonds is 9. The van der Waals surface area contributed by atoms with Crippen LogP contribution < -0.4 is 24.7 Å². The van der Waals surface area contributed by atoms with Crippen molar-refractivity contribution in [3.63, 3.8) is 0 Å². The Kier molecular flexibility index (Phi) is 7.66. The second-order valence-corrected chi connectivity index (χ2v) is 9.80. The lowest BCUT2D eigenvalue weighted by Gasteiger charge is -2.55. The minimum absolute atomic E-state index is 0.154. The number of nitrogens with two attached hydrogens (primary N) is 1. The third kappa shape index (κ3) is 4.94. The molecule has 1 aliphatic heterocycles. The number of carbonyl (C=O) groups is 1. The minimum Gasteiger partial charge on any atom is -0.493 e. The molecular weight excluding hydrogens is 432 g/mol. The van der Waals surface area contributed by atoms with Gasteiger partial charge in [0.2, 0.25) is 5.91 Å². The number of primary amides is 1. The molecule has 7 nitrogen and oxygen atoms in total. The molecule has 0 bridgehead atoms. The molecule has 2 aromatic rings. The average Bonchev–Trinajstić information content (AvgIpc) is 2.81. The van der Waals surface area contributed by atoms with Gasteiger partial charge in [0.25, 0.3) is 0 Å². The summed E-state index contributed by atoms with van der Waals surface area (Å²) in [4.78, 5) is 14.5. The number of methoxy groups -OCH3 is 4. The molecule has 0 unspecified atom stereocenters. The second kappa shape index (κ2) is 10.1. The molecule has 1 aliphatic rings. The molecule has 186 valence electrons. The standard InChI is InChI=1S/C27H38N2O5/c1-26(2,3)29-13-11-19-15-23(33-6)24(34-7)16-20(19)27(29,12-10-25(28)30)17-18-8-9-21(31-4)22(14-18)32-5/h8-9,14-16H,10-13,17H2,1-7H3,(H2,28,30)/t27-/m1/s1. The molecule has 3 rings (SSSR count). The van der Waals surface area contributed by atoms with Gasteiger partial charge in [0.15, 0.2) is 23.0 Å². The van der Waals surface area contributed by atoms with E-state index in [1.165, 1.54) is 5.56 Å². The Morgan fingerprint density at radius 3 is 2.09 bits per heavy atom. The smallest absolute Gasteiger partial charge is 0.217 e. The van der Waals surface area contributed by atoms with Gasteiger partial charge in [0.05, 0.1) is 34.0 Å². The van der Waals surface area contributed by atoms with Crippen molar-refractivity contribution in [1.82, 2.24) is 4.90 Å². The Morgan fingerprint density at radius 1 is 0.941 bits per heavy atom. The third-order valence-electron chi connectivity index (χ3n) is 6.77. The fourth-order valence-corrected chi connectivity index (χ4v) is 5.34. The summed E-state index contributed by atoms with van der Waals surface area (Å²) in [5.74, 6) is 2.43. The van der Waals surface area contributed by atoms with E-state index in [0.717, 1.165) is 24.1 Å². The van der Waals surface area contributed by atoms with Crippen molar-refractivity contribution in [3.8, 4) is 23.0 Å². The first kappa shape index (κ1) is 25.7. The molecular formula is C27H38N2O5. The average molecular weight is 471 g/mol. The molecule has 1 heterocycles. The maximum atomic E-state index is 12.0. The van der Waals surface area contributed by atoms with Crippen molar-refractivity contribution < 1.29 is 23.7 Å².